The quantitative estimate of drug-likeness (QED) is 0.165. The molecule has 3 saturated heterocycles. The average molecular weight is 803 g/mol. The standard InChI is InChI=1S/C44H50N8O7/c1-23(2)37(49-43(55)57-3)41(53)51-33-17-29(33)19-35(51)39-45-21-31(47-39)10-6-24-5-7-27-16-28(9-8-26(27)15-24)32-22-46-40(48-32)36-20-30-18-34(30)52(36)42(54)38(50-44(56)58-4)25-11-13-59-14-12-25/h5,7-9,15-16,21-23,25,29-30,33-38H,11-14,17-20H2,1-4H3,(H,45,47)(H,46,48)(H,49,55)(H,50,56)/t29-,30-,33-,34-,35+,36+,37+,38+/m1/s1. The molecule has 5 heterocycles. The molecule has 3 aliphatic heterocycles. The van der Waals surface area contributed by atoms with Crippen molar-refractivity contribution < 1.29 is 33.4 Å². The number of amides is 4. The normalized spacial score (nSPS) is 25.4. The first-order chi connectivity index (χ1) is 28.6. The molecule has 0 unspecified atom stereocenters. The van der Waals surface area contributed by atoms with Crippen LogP contribution in [0.3, 0.4) is 0 Å². The number of nitrogens with zero attached hydrogens (tertiary/aromatic N) is 4. The minimum Gasteiger partial charge on any atom is -0.453 e. The van der Waals surface area contributed by atoms with Crippen LogP contribution in [0, 0.1) is 35.5 Å². The summed E-state index contributed by atoms with van der Waals surface area (Å²) in [6.07, 6.45) is 7.29. The molecular formula is C44H50N8O7. The van der Waals surface area contributed by atoms with Crippen molar-refractivity contribution in [3.8, 4) is 23.1 Å². The van der Waals surface area contributed by atoms with Crippen molar-refractivity contribution in [2.45, 2.75) is 88.6 Å². The van der Waals surface area contributed by atoms with Crippen molar-refractivity contribution in [1.82, 2.24) is 40.4 Å². The number of aromatic nitrogens is 4. The Balaban J connectivity index is 0.881. The van der Waals surface area contributed by atoms with Gasteiger partial charge < -0.3 is 44.6 Å². The lowest BCUT2D eigenvalue weighted by Crippen LogP contribution is -2.54. The van der Waals surface area contributed by atoms with Crippen molar-refractivity contribution in [1.29, 1.82) is 0 Å². The highest BCUT2D eigenvalue weighted by Gasteiger charge is 2.57. The molecule has 15 nitrogen and oxygen atoms in total. The molecule has 2 aliphatic carbocycles. The van der Waals surface area contributed by atoms with Crippen molar-refractivity contribution >= 4 is 34.8 Å². The third-order valence-electron chi connectivity index (χ3n) is 12.9. The van der Waals surface area contributed by atoms with E-state index in [9.17, 15) is 19.2 Å². The van der Waals surface area contributed by atoms with Crippen molar-refractivity contribution in [3.63, 3.8) is 0 Å². The van der Waals surface area contributed by atoms with Gasteiger partial charge in [-0.2, -0.15) is 0 Å². The number of ether oxygens (including phenoxy) is 3. The highest BCUT2D eigenvalue weighted by atomic mass is 16.5. The van der Waals surface area contributed by atoms with Crippen LogP contribution >= 0.6 is 0 Å². The number of likely N-dealkylation sites (tertiary alicyclic amines) is 2. The zero-order valence-corrected chi connectivity index (χ0v) is 33.7. The van der Waals surface area contributed by atoms with E-state index < -0.39 is 24.3 Å². The first-order valence-electron chi connectivity index (χ1n) is 20.7. The molecule has 2 saturated carbocycles. The number of aromatic amines is 2. The smallest absolute Gasteiger partial charge is 0.407 e. The molecule has 4 N–H and O–H groups in total. The third kappa shape index (κ3) is 7.62. The van der Waals surface area contributed by atoms with Gasteiger partial charge in [0.25, 0.3) is 0 Å². The molecule has 0 spiro atoms. The fraction of sp³-hybridized carbons (Fsp3) is 0.500. The van der Waals surface area contributed by atoms with Crippen LogP contribution in [0.1, 0.15) is 87.4 Å². The van der Waals surface area contributed by atoms with Gasteiger partial charge in [0.05, 0.1) is 44.4 Å². The van der Waals surface area contributed by atoms with Gasteiger partial charge in [0.1, 0.15) is 29.4 Å². The lowest BCUT2D eigenvalue weighted by Gasteiger charge is -2.35. The van der Waals surface area contributed by atoms with Gasteiger partial charge in [0.2, 0.25) is 11.8 Å². The fourth-order valence-electron chi connectivity index (χ4n) is 9.52. The molecule has 0 bridgehead atoms. The van der Waals surface area contributed by atoms with Gasteiger partial charge in [-0.25, -0.2) is 19.6 Å². The Morgan fingerprint density at radius 2 is 1.41 bits per heavy atom. The molecular weight excluding hydrogens is 753 g/mol. The highest BCUT2D eigenvalue weighted by molar-refractivity contribution is 5.89. The van der Waals surface area contributed by atoms with Gasteiger partial charge in [0.15, 0.2) is 0 Å². The number of imidazole rings is 2. The maximum Gasteiger partial charge on any atom is 0.407 e. The topological polar surface area (TPSA) is 184 Å². The molecule has 4 aromatic rings. The number of rotatable bonds is 9. The van der Waals surface area contributed by atoms with Gasteiger partial charge in [-0.3, -0.25) is 9.59 Å². The third-order valence-corrected chi connectivity index (χ3v) is 12.9. The molecule has 59 heavy (non-hydrogen) atoms. The number of carbonyl (C=O) groups is 4. The molecule has 0 radical (unpaired) electrons. The Labute approximate surface area is 342 Å². The maximum atomic E-state index is 14.2. The van der Waals surface area contributed by atoms with E-state index in [4.69, 9.17) is 19.2 Å². The summed E-state index contributed by atoms with van der Waals surface area (Å²) in [6.45, 7) is 4.94. The number of hydrogen-bond acceptors (Lipinski definition) is 9. The summed E-state index contributed by atoms with van der Waals surface area (Å²) < 4.78 is 15.2. The summed E-state index contributed by atoms with van der Waals surface area (Å²) in [6, 6.07) is 10.9. The molecule has 2 aromatic heterocycles. The molecule has 8 atom stereocenters. The summed E-state index contributed by atoms with van der Waals surface area (Å²) in [5, 5.41) is 7.65. The van der Waals surface area contributed by atoms with E-state index in [1.165, 1.54) is 14.2 Å². The maximum absolute atomic E-state index is 14.2. The Morgan fingerprint density at radius 3 is 2.10 bits per heavy atom. The van der Waals surface area contributed by atoms with Crippen LogP contribution in [0.15, 0.2) is 48.8 Å². The van der Waals surface area contributed by atoms with E-state index in [2.05, 4.69) is 67.8 Å². The first kappa shape index (κ1) is 38.6. The Hall–Kier alpha value is -5.88. The number of piperidine rings is 2. The number of carbonyl (C=O) groups excluding carboxylic acids is 4. The van der Waals surface area contributed by atoms with Crippen LogP contribution in [0.2, 0.25) is 0 Å². The number of hydrogen-bond donors (Lipinski definition) is 4. The van der Waals surface area contributed by atoms with Gasteiger partial charge in [0, 0.05) is 36.4 Å². The fourth-order valence-corrected chi connectivity index (χ4v) is 9.52. The van der Waals surface area contributed by atoms with Crippen molar-refractivity contribution in [2.75, 3.05) is 27.4 Å². The largest absolute Gasteiger partial charge is 0.453 e. The van der Waals surface area contributed by atoms with E-state index in [-0.39, 0.29) is 47.8 Å². The SMILES string of the molecule is COC(=O)N[C@H](C(=O)N1[C@@H]2C[C@@H]2C[C@H]1c1ncc(C#Cc2ccc3cc(-c4cnc([C@@H]5C[C@H]6C[C@H]6N5C(=O)[C@@H](NC(=O)OC)C5CCOCC5)[nH]4)ccc3c2)[nH]1)C(C)C. The number of nitrogens with one attached hydrogen (secondary N) is 4. The molecule has 2 aromatic carbocycles. The zero-order valence-electron chi connectivity index (χ0n) is 33.7. The van der Waals surface area contributed by atoms with Gasteiger partial charge >= 0.3 is 12.2 Å². The second-order valence-corrected chi connectivity index (χ2v) is 16.9. The van der Waals surface area contributed by atoms with Crippen LogP contribution in [-0.4, -0.2) is 105 Å². The van der Waals surface area contributed by atoms with Crippen LogP contribution in [-0.2, 0) is 23.8 Å². The molecule has 5 fully saturated rings. The van der Waals surface area contributed by atoms with Crippen LogP contribution in [0.4, 0.5) is 9.59 Å². The lowest BCUT2D eigenvalue weighted by molar-refractivity contribution is -0.138. The number of alkyl carbamates (subject to hydrolysis) is 2. The molecule has 4 amide bonds. The Bertz CT molecular complexity index is 2340. The summed E-state index contributed by atoms with van der Waals surface area (Å²) in [5.74, 6) is 8.45. The molecule has 5 aliphatic rings. The van der Waals surface area contributed by atoms with Crippen LogP contribution < -0.4 is 10.6 Å². The van der Waals surface area contributed by atoms with Crippen LogP contribution in [0.5, 0.6) is 0 Å². The lowest BCUT2D eigenvalue weighted by atomic mass is 9.90. The predicted octanol–water partition coefficient (Wildman–Crippen LogP) is 5.21. The van der Waals surface area contributed by atoms with E-state index in [0.717, 1.165) is 59.1 Å². The predicted molar refractivity (Wildman–Crippen MR) is 215 cm³/mol. The zero-order chi connectivity index (χ0) is 40.9. The number of fused-ring (bicyclic) bond motifs is 3. The Morgan fingerprint density at radius 1 is 0.780 bits per heavy atom. The number of benzene rings is 2. The van der Waals surface area contributed by atoms with E-state index >= 15 is 0 Å². The highest BCUT2D eigenvalue weighted by Crippen LogP contribution is 2.54. The van der Waals surface area contributed by atoms with E-state index in [0.29, 0.717) is 49.4 Å². The molecule has 308 valence electrons. The number of methoxy groups -OCH3 is 2. The average Bonchev–Trinajstić information content (AvgIpc) is 3.85. The summed E-state index contributed by atoms with van der Waals surface area (Å²) >= 11 is 0. The van der Waals surface area contributed by atoms with Gasteiger partial charge in [-0.1, -0.05) is 38.0 Å². The van der Waals surface area contributed by atoms with Crippen LogP contribution in [0.25, 0.3) is 22.0 Å². The second-order valence-electron chi connectivity index (χ2n) is 16.9. The van der Waals surface area contributed by atoms with E-state index in [1.807, 2.05) is 35.9 Å². The summed E-state index contributed by atoms with van der Waals surface area (Å²) in [5.41, 5.74) is 3.35. The van der Waals surface area contributed by atoms with Gasteiger partial charge in [-0.15, -0.1) is 0 Å². The van der Waals surface area contributed by atoms with Crippen molar-refractivity contribution in [3.05, 3.63) is 71.7 Å². The molecule has 15 heteroatoms. The molecule has 9 rings (SSSR count). The number of H-pyrrole nitrogens is 2. The first-order valence-corrected chi connectivity index (χ1v) is 20.7. The minimum absolute atomic E-state index is 0.0247. The Kier molecular flexibility index (Phi) is 10.3. The van der Waals surface area contributed by atoms with E-state index in [1.54, 1.807) is 6.20 Å². The van der Waals surface area contributed by atoms with Gasteiger partial charge in [-0.05, 0) is 97.1 Å². The monoisotopic (exact) mass is 802 g/mol. The van der Waals surface area contributed by atoms with Crippen molar-refractivity contribution in [2.24, 2.45) is 23.7 Å². The minimum atomic E-state index is -0.690. The second kappa shape index (κ2) is 15.7. The summed E-state index contributed by atoms with van der Waals surface area (Å²) in [4.78, 5) is 72.5. The summed E-state index contributed by atoms with van der Waals surface area (Å²) in [7, 11) is 2.61.